The number of hydrogen-bond donors (Lipinski definition) is 1. The van der Waals surface area contributed by atoms with E-state index < -0.39 is 0 Å². The molecule has 4 rings (SSSR count). The monoisotopic (exact) mass is 337 g/mol. The van der Waals surface area contributed by atoms with Crippen molar-refractivity contribution in [1.29, 1.82) is 0 Å². The van der Waals surface area contributed by atoms with Crippen LogP contribution in [0.1, 0.15) is 18.5 Å². The van der Waals surface area contributed by atoms with E-state index in [0.717, 1.165) is 43.4 Å². The van der Waals surface area contributed by atoms with Crippen molar-refractivity contribution in [2.45, 2.75) is 25.4 Å². The molecule has 2 aromatic rings. The minimum atomic E-state index is -0.247. The predicted molar refractivity (Wildman–Crippen MR) is 88.9 cm³/mol. The zero-order chi connectivity index (χ0) is 14.9. The molecule has 4 nitrogen and oxygen atoms in total. The van der Waals surface area contributed by atoms with Gasteiger partial charge in [-0.3, -0.25) is 4.90 Å². The van der Waals surface area contributed by atoms with Gasteiger partial charge in [0.25, 0.3) is 0 Å². The first-order valence-corrected chi connectivity index (χ1v) is 7.94. The van der Waals surface area contributed by atoms with Crippen LogP contribution in [0.5, 0.6) is 0 Å². The Balaban J connectivity index is 0.00000156. The van der Waals surface area contributed by atoms with Gasteiger partial charge in [0.1, 0.15) is 12.1 Å². The number of rotatable bonds is 3. The number of hydrogen-bond acceptors (Lipinski definition) is 4. The second-order valence-electron chi connectivity index (χ2n) is 6.28. The molecule has 2 aliphatic rings. The van der Waals surface area contributed by atoms with Crippen LogP contribution in [0, 0.1) is 11.7 Å². The number of piperidine rings is 1. The lowest BCUT2D eigenvalue weighted by atomic mass is 9.93. The molecule has 2 unspecified atom stereocenters. The van der Waals surface area contributed by atoms with E-state index in [2.05, 4.69) is 15.2 Å². The van der Waals surface area contributed by atoms with Gasteiger partial charge in [0.2, 0.25) is 5.89 Å². The fourth-order valence-electron chi connectivity index (χ4n) is 3.60. The molecule has 0 bridgehead atoms. The van der Waals surface area contributed by atoms with Crippen LogP contribution in [0.4, 0.5) is 4.39 Å². The van der Waals surface area contributed by atoms with E-state index >= 15 is 0 Å². The maximum atomic E-state index is 13.0. The van der Waals surface area contributed by atoms with Gasteiger partial charge in [-0.05, 0) is 49.6 Å². The van der Waals surface area contributed by atoms with Crippen molar-refractivity contribution < 1.29 is 8.81 Å². The quantitative estimate of drug-likeness (QED) is 0.934. The molecule has 1 N–H and O–H groups in total. The number of fused-ring (bicyclic) bond motifs is 1. The summed E-state index contributed by atoms with van der Waals surface area (Å²) in [6.07, 6.45) is 4.21. The summed E-state index contributed by atoms with van der Waals surface area (Å²) in [5.74, 6) is 1.09. The van der Waals surface area contributed by atoms with Crippen LogP contribution >= 0.6 is 12.4 Å². The Labute approximate surface area is 141 Å². The van der Waals surface area contributed by atoms with E-state index in [0.29, 0.717) is 11.9 Å². The number of oxazole rings is 1. The number of benzene rings is 1. The maximum absolute atomic E-state index is 13.0. The summed E-state index contributed by atoms with van der Waals surface area (Å²) >= 11 is 0. The Hall–Kier alpha value is -1.43. The van der Waals surface area contributed by atoms with Gasteiger partial charge in [0.15, 0.2) is 0 Å². The van der Waals surface area contributed by atoms with Gasteiger partial charge in [0, 0.05) is 31.2 Å². The van der Waals surface area contributed by atoms with Crippen molar-refractivity contribution in [2.75, 3.05) is 19.6 Å². The van der Waals surface area contributed by atoms with Crippen molar-refractivity contribution in [3.05, 3.63) is 42.0 Å². The lowest BCUT2D eigenvalue weighted by Gasteiger charge is -2.34. The summed E-state index contributed by atoms with van der Waals surface area (Å²) in [6.45, 7) is 4.22. The van der Waals surface area contributed by atoms with Crippen molar-refractivity contribution >= 4 is 12.4 Å². The molecule has 6 heteroatoms. The summed E-state index contributed by atoms with van der Waals surface area (Å²) < 4.78 is 18.5. The highest BCUT2D eigenvalue weighted by Gasteiger charge is 2.32. The Morgan fingerprint density at radius 3 is 2.91 bits per heavy atom. The first-order valence-electron chi connectivity index (χ1n) is 7.94. The molecule has 1 aromatic heterocycles. The summed E-state index contributed by atoms with van der Waals surface area (Å²) in [6, 6.07) is 6.96. The lowest BCUT2D eigenvalue weighted by molar-refractivity contribution is 0.154. The molecule has 23 heavy (non-hydrogen) atoms. The molecule has 0 spiro atoms. The van der Waals surface area contributed by atoms with Gasteiger partial charge in [0.05, 0.1) is 5.69 Å². The van der Waals surface area contributed by atoms with Crippen molar-refractivity contribution in [1.82, 2.24) is 15.2 Å². The summed E-state index contributed by atoms with van der Waals surface area (Å²) in [4.78, 5) is 7.00. The summed E-state index contributed by atoms with van der Waals surface area (Å²) in [5, 5.41) is 3.58. The fraction of sp³-hybridized carbons (Fsp3) is 0.471. The zero-order valence-corrected chi connectivity index (χ0v) is 13.7. The molecule has 0 saturated carbocycles. The maximum Gasteiger partial charge on any atom is 0.226 e. The Morgan fingerprint density at radius 1 is 1.26 bits per heavy atom. The first-order chi connectivity index (χ1) is 10.8. The molecule has 0 aliphatic carbocycles. The fourth-order valence-corrected chi connectivity index (χ4v) is 3.60. The highest BCUT2D eigenvalue weighted by molar-refractivity contribution is 5.85. The number of likely N-dealkylation sites (tertiary alicyclic amines) is 1. The van der Waals surface area contributed by atoms with Gasteiger partial charge in [-0.25, -0.2) is 9.37 Å². The van der Waals surface area contributed by atoms with Crippen LogP contribution in [-0.4, -0.2) is 35.6 Å². The molecule has 2 fully saturated rings. The summed E-state index contributed by atoms with van der Waals surface area (Å²) in [5.41, 5.74) is 1.76. The third kappa shape index (κ3) is 3.57. The largest absolute Gasteiger partial charge is 0.444 e. The minimum absolute atomic E-state index is 0. The van der Waals surface area contributed by atoms with E-state index in [1.165, 1.54) is 25.0 Å². The molecule has 0 radical (unpaired) electrons. The van der Waals surface area contributed by atoms with Gasteiger partial charge in [-0.15, -0.1) is 12.4 Å². The number of halogens is 2. The lowest BCUT2D eigenvalue weighted by Crippen LogP contribution is -2.43. The molecule has 2 atom stereocenters. The van der Waals surface area contributed by atoms with Crippen LogP contribution < -0.4 is 5.32 Å². The van der Waals surface area contributed by atoms with Crippen LogP contribution in [-0.2, 0) is 6.54 Å². The smallest absolute Gasteiger partial charge is 0.226 e. The Kier molecular flexibility index (Phi) is 4.99. The van der Waals surface area contributed by atoms with Gasteiger partial charge >= 0.3 is 0 Å². The van der Waals surface area contributed by atoms with E-state index in [9.17, 15) is 4.39 Å². The van der Waals surface area contributed by atoms with E-state index in [4.69, 9.17) is 4.42 Å². The molecular weight excluding hydrogens is 317 g/mol. The highest BCUT2D eigenvalue weighted by atomic mass is 35.5. The van der Waals surface area contributed by atoms with Crippen LogP contribution in [0.2, 0.25) is 0 Å². The van der Waals surface area contributed by atoms with Gasteiger partial charge < -0.3 is 9.73 Å². The average Bonchev–Trinajstić information content (AvgIpc) is 3.17. The Bertz CT molecular complexity index is 646. The molecule has 0 amide bonds. The Morgan fingerprint density at radius 2 is 2.09 bits per heavy atom. The topological polar surface area (TPSA) is 41.3 Å². The standard InChI is InChI=1S/C17H20FN3O.ClH/c18-14-3-1-12(2-4-14)17-20-15(11-22-17)10-21-8-6-16-13(9-21)5-7-19-16;/h1-4,11,13,16,19H,5-10H2;1H. The number of nitrogens with one attached hydrogen (secondary N) is 1. The molecule has 2 saturated heterocycles. The predicted octanol–water partition coefficient (Wildman–Crippen LogP) is 3.09. The number of aromatic nitrogens is 1. The molecule has 1 aromatic carbocycles. The normalized spacial score (nSPS) is 24.2. The van der Waals surface area contributed by atoms with Gasteiger partial charge in [-0.2, -0.15) is 0 Å². The molecule has 3 heterocycles. The van der Waals surface area contributed by atoms with Crippen molar-refractivity contribution in [3.63, 3.8) is 0 Å². The highest BCUT2D eigenvalue weighted by Crippen LogP contribution is 2.26. The third-order valence-corrected chi connectivity index (χ3v) is 4.77. The van der Waals surface area contributed by atoms with Crippen molar-refractivity contribution in [3.8, 4) is 11.5 Å². The second kappa shape index (κ2) is 6.99. The molecular formula is C17H21ClFN3O. The minimum Gasteiger partial charge on any atom is -0.444 e. The van der Waals surface area contributed by atoms with Crippen LogP contribution in [0.15, 0.2) is 34.9 Å². The second-order valence-corrected chi connectivity index (χ2v) is 6.28. The van der Waals surface area contributed by atoms with Crippen LogP contribution in [0.25, 0.3) is 11.5 Å². The summed E-state index contributed by atoms with van der Waals surface area (Å²) in [7, 11) is 0. The first kappa shape index (κ1) is 16.4. The molecule has 124 valence electrons. The van der Waals surface area contributed by atoms with Crippen LogP contribution in [0.3, 0.4) is 0 Å². The van der Waals surface area contributed by atoms with Crippen molar-refractivity contribution in [2.24, 2.45) is 5.92 Å². The van der Waals surface area contributed by atoms with E-state index in [1.54, 1.807) is 18.4 Å². The van der Waals surface area contributed by atoms with E-state index in [-0.39, 0.29) is 18.2 Å². The SMILES string of the molecule is Cl.Fc1ccc(-c2nc(CN3CCC4NCCC4C3)co2)cc1. The van der Waals surface area contributed by atoms with E-state index in [1.807, 2.05) is 0 Å². The zero-order valence-electron chi connectivity index (χ0n) is 12.9. The average molecular weight is 338 g/mol. The molecule has 2 aliphatic heterocycles. The number of nitrogens with zero attached hydrogens (tertiary/aromatic N) is 2. The third-order valence-electron chi connectivity index (χ3n) is 4.77. The van der Waals surface area contributed by atoms with Gasteiger partial charge in [-0.1, -0.05) is 0 Å².